The molecule has 0 aromatic heterocycles. The Labute approximate surface area is 110 Å². The molecule has 0 heterocycles. The molecule has 8 heteroatoms. The van der Waals surface area contributed by atoms with Gasteiger partial charge in [0.1, 0.15) is 0 Å². The summed E-state index contributed by atoms with van der Waals surface area (Å²) < 4.78 is 36.3. The van der Waals surface area contributed by atoms with Crippen LogP contribution in [0.4, 0.5) is 0 Å². The molecule has 0 aromatic rings. The van der Waals surface area contributed by atoms with Crippen molar-refractivity contribution in [3.8, 4) is 0 Å². The van der Waals surface area contributed by atoms with E-state index in [0.29, 0.717) is 6.42 Å². The molecular formula is C11H12N2O5S. The van der Waals surface area contributed by atoms with Crippen molar-refractivity contribution >= 4 is 21.8 Å². The van der Waals surface area contributed by atoms with Gasteiger partial charge in [-0.15, -0.1) is 0 Å². The highest BCUT2D eigenvalue weighted by molar-refractivity contribution is 7.86. The van der Waals surface area contributed by atoms with Gasteiger partial charge < -0.3 is 10.3 Å². The molecule has 0 radical (unpaired) electrons. The monoisotopic (exact) mass is 284 g/mol. The van der Waals surface area contributed by atoms with Crippen molar-refractivity contribution in [1.82, 2.24) is 0 Å². The molecule has 0 saturated heterocycles. The van der Waals surface area contributed by atoms with Crippen LogP contribution in [0.25, 0.3) is 5.53 Å². The van der Waals surface area contributed by atoms with Gasteiger partial charge in [0.05, 0.1) is 6.42 Å². The molecule has 102 valence electrons. The van der Waals surface area contributed by atoms with Gasteiger partial charge in [0.15, 0.2) is 0 Å². The number of ether oxygens (including phenoxy) is 1. The number of esters is 1. The van der Waals surface area contributed by atoms with E-state index in [1.807, 2.05) is 0 Å². The lowest BCUT2D eigenvalue weighted by molar-refractivity contribution is -0.139. The van der Waals surface area contributed by atoms with E-state index in [0.717, 1.165) is 0 Å². The van der Waals surface area contributed by atoms with Gasteiger partial charge in [-0.3, -0.25) is 4.55 Å². The Morgan fingerprint density at radius 2 is 2.26 bits per heavy atom. The Morgan fingerprint density at radius 3 is 2.74 bits per heavy atom. The van der Waals surface area contributed by atoms with Crippen LogP contribution in [0.1, 0.15) is 13.3 Å². The Bertz CT molecular complexity index is 623. The van der Waals surface area contributed by atoms with Gasteiger partial charge in [-0.2, -0.15) is 13.2 Å². The van der Waals surface area contributed by atoms with Crippen molar-refractivity contribution in [2.24, 2.45) is 0 Å². The number of hydrogen-bond donors (Lipinski definition) is 1. The first-order valence-electron chi connectivity index (χ1n) is 5.17. The molecule has 19 heavy (non-hydrogen) atoms. The van der Waals surface area contributed by atoms with Crippen molar-refractivity contribution in [1.29, 1.82) is 0 Å². The maximum atomic E-state index is 11.4. The SMILES string of the molecule is C=C(C)C(=O)OC(C1=CC(=[N+]=[N-])CC=C1)S(=O)(=O)O. The van der Waals surface area contributed by atoms with Crippen molar-refractivity contribution in [2.45, 2.75) is 18.8 Å². The Balaban J connectivity index is 3.16. The molecular weight excluding hydrogens is 272 g/mol. The highest BCUT2D eigenvalue weighted by atomic mass is 32.2. The summed E-state index contributed by atoms with van der Waals surface area (Å²) in [7, 11) is -4.67. The third-order valence-corrected chi connectivity index (χ3v) is 3.11. The van der Waals surface area contributed by atoms with E-state index < -0.39 is 21.5 Å². The number of carbonyl (C=O) groups is 1. The smallest absolute Gasteiger partial charge is 0.334 e. The largest absolute Gasteiger partial charge is 0.435 e. The standard InChI is InChI=1S/C11H12N2O5S/c1-7(2)10(14)18-11(19(15,16)17)8-4-3-5-9(6-8)13-12/h3-4,6,11H,1,5H2,2H3,(H,15,16,17). The summed E-state index contributed by atoms with van der Waals surface area (Å²) in [6.45, 7) is 4.66. The van der Waals surface area contributed by atoms with E-state index in [2.05, 4.69) is 16.1 Å². The lowest BCUT2D eigenvalue weighted by atomic mass is 10.1. The van der Waals surface area contributed by atoms with Gasteiger partial charge in [0, 0.05) is 17.2 Å². The number of rotatable bonds is 4. The zero-order chi connectivity index (χ0) is 14.6. The lowest BCUT2D eigenvalue weighted by Gasteiger charge is -2.16. The quantitative estimate of drug-likeness (QED) is 0.270. The fourth-order valence-electron chi connectivity index (χ4n) is 1.33. The minimum Gasteiger partial charge on any atom is -0.435 e. The van der Waals surface area contributed by atoms with Crippen LogP contribution < -0.4 is 0 Å². The van der Waals surface area contributed by atoms with Crippen LogP contribution in [0.15, 0.2) is 36.0 Å². The van der Waals surface area contributed by atoms with E-state index in [4.69, 9.17) is 10.1 Å². The molecule has 1 N–H and O–H groups in total. The molecule has 0 amide bonds. The molecule has 1 unspecified atom stereocenters. The average molecular weight is 284 g/mol. The van der Waals surface area contributed by atoms with E-state index in [1.165, 1.54) is 25.2 Å². The zero-order valence-electron chi connectivity index (χ0n) is 10.1. The highest BCUT2D eigenvalue weighted by Gasteiger charge is 2.32. The summed E-state index contributed by atoms with van der Waals surface area (Å²) >= 11 is 0. The Morgan fingerprint density at radius 1 is 1.63 bits per heavy atom. The molecule has 0 spiro atoms. The minimum absolute atomic E-state index is 0.00918. The van der Waals surface area contributed by atoms with Gasteiger partial charge in [-0.25, -0.2) is 4.79 Å². The molecule has 0 bridgehead atoms. The second kappa shape index (κ2) is 5.75. The van der Waals surface area contributed by atoms with Gasteiger partial charge in [-0.1, -0.05) is 18.7 Å². The number of carbonyl (C=O) groups excluding carboxylic acids is 1. The predicted octanol–water partition coefficient (Wildman–Crippen LogP) is 0.877. The third-order valence-electron chi connectivity index (χ3n) is 2.20. The molecule has 1 aliphatic carbocycles. The Hall–Kier alpha value is -2.02. The number of nitrogens with zero attached hydrogens (tertiary/aromatic N) is 2. The summed E-state index contributed by atoms with van der Waals surface area (Å²) in [6.07, 6.45) is 4.38. The van der Waals surface area contributed by atoms with Crippen molar-refractivity contribution in [3.63, 3.8) is 0 Å². The van der Waals surface area contributed by atoms with E-state index in [-0.39, 0.29) is 16.9 Å². The van der Waals surface area contributed by atoms with Crippen LogP contribution in [0.2, 0.25) is 0 Å². The summed E-state index contributed by atoms with van der Waals surface area (Å²) in [4.78, 5) is 14.3. The van der Waals surface area contributed by atoms with E-state index >= 15 is 0 Å². The van der Waals surface area contributed by atoms with Crippen LogP contribution in [0.3, 0.4) is 0 Å². The molecule has 1 atom stereocenters. The summed E-state index contributed by atoms with van der Waals surface area (Å²) in [5.41, 5.74) is 6.91. The summed E-state index contributed by atoms with van der Waals surface area (Å²) in [6, 6.07) is 0. The zero-order valence-corrected chi connectivity index (χ0v) is 10.9. The van der Waals surface area contributed by atoms with Crippen molar-refractivity contribution in [3.05, 3.63) is 41.5 Å². The first-order chi connectivity index (χ1) is 8.75. The Kier molecular flexibility index (Phi) is 4.55. The highest BCUT2D eigenvalue weighted by Crippen LogP contribution is 2.19. The van der Waals surface area contributed by atoms with E-state index in [1.54, 1.807) is 0 Å². The normalized spacial score (nSPS) is 16.3. The lowest BCUT2D eigenvalue weighted by Crippen LogP contribution is -2.29. The topological polar surface area (TPSA) is 117 Å². The minimum atomic E-state index is -4.67. The van der Waals surface area contributed by atoms with Crippen LogP contribution in [-0.2, 0) is 19.6 Å². The molecule has 7 nitrogen and oxygen atoms in total. The van der Waals surface area contributed by atoms with E-state index in [9.17, 15) is 13.2 Å². The first kappa shape index (κ1) is 15.0. The van der Waals surface area contributed by atoms with Crippen molar-refractivity contribution < 1.29 is 27.3 Å². The molecule has 1 rings (SSSR count). The van der Waals surface area contributed by atoms with Crippen LogP contribution in [0.5, 0.6) is 0 Å². The van der Waals surface area contributed by atoms with Gasteiger partial charge in [0.2, 0.25) is 0 Å². The predicted molar refractivity (Wildman–Crippen MR) is 66.7 cm³/mol. The molecule has 0 fully saturated rings. The maximum Gasteiger partial charge on any atom is 0.334 e. The van der Waals surface area contributed by atoms with Gasteiger partial charge >= 0.3 is 16.1 Å². The third kappa shape index (κ3) is 3.99. The molecule has 1 aliphatic rings. The summed E-state index contributed by atoms with van der Waals surface area (Å²) in [5, 5.41) is 0. The van der Waals surface area contributed by atoms with Gasteiger partial charge in [0.25, 0.3) is 11.1 Å². The molecule has 0 aliphatic heterocycles. The number of hydrogen-bond acceptors (Lipinski definition) is 4. The first-order valence-corrected chi connectivity index (χ1v) is 6.68. The van der Waals surface area contributed by atoms with Crippen molar-refractivity contribution in [2.75, 3.05) is 0 Å². The van der Waals surface area contributed by atoms with Crippen LogP contribution in [0, 0.1) is 0 Å². The summed E-state index contributed by atoms with van der Waals surface area (Å²) in [5.74, 6) is -0.954. The second-order valence-electron chi connectivity index (χ2n) is 3.87. The maximum absolute atomic E-state index is 11.4. The fourth-order valence-corrected chi connectivity index (χ4v) is 2.03. The van der Waals surface area contributed by atoms with Crippen LogP contribution >= 0.6 is 0 Å². The average Bonchev–Trinajstić information content (AvgIpc) is 2.34. The van der Waals surface area contributed by atoms with Gasteiger partial charge in [-0.05, 0) is 6.92 Å². The van der Waals surface area contributed by atoms with Crippen LogP contribution in [-0.4, -0.2) is 34.9 Å². The molecule has 0 aromatic carbocycles. The number of allylic oxidation sites excluding steroid dienone is 2. The fraction of sp³-hybridized carbons (Fsp3) is 0.273. The second-order valence-corrected chi connectivity index (χ2v) is 5.33. The molecule has 0 saturated carbocycles.